The molecular formula is C18H25NO6S. The molecule has 0 amide bonds. The molecule has 1 aromatic rings. The van der Waals surface area contributed by atoms with E-state index in [0.29, 0.717) is 31.5 Å². The molecule has 1 spiro atoms. The van der Waals surface area contributed by atoms with Gasteiger partial charge in [-0.05, 0) is 43.4 Å². The lowest BCUT2D eigenvalue weighted by Crippen LogP contribution is -2.49. The average Bonchev–Trinajstić information content (AvgIpc) is 2.94. The minimum absolute atomic E-state index is 0.0108. The summed E-state index contributed by atoms with van der Waals surface area (Å²) in [5.41, 5.74) is 0.0431. The van der Waals surface area contributed by atoms with Crippen LogP contribution >= 0.6 is 0 Å². The fraction of sp³-hybridized carbons (Fsp3) is 0.611. The van der Waals surface area contributed by atoms with E-state index in [1.807, 2.05) is 0 Å². The van der Waals surface area contributed by atoms with Crippen LogP contribution in [0.15, 0.2) is 23.1 Å². The van der Waals surface area contributed by atoms with Crippen LogP contribution in [0.1, 0.15) is 37.7 Å². The van der Waals surface area contributed by atoms with E-state index in [-0.39, 0.29) is 22.5 Å². The number of hydrogen-bond acceptors (Lipinski definition) is 5. The highest BCUT2D eigenvalue weighted by Gasteiger charge is 2.47. The molecule has 1 aliphatic heterocycles. The number of carboxylic acids is 1. The molecule has 144 valence electrons. The van der Waals surface area contributed by atoms with Gasteiger partial charge in [0.2, 0.25) is 10.0 Å². The molecule has 1 saturated heterocycles. The summed E-state index contributed by atoms with van der Waals surface area (Å²) in [6, 6.07) is 4.44. The van der Waals surface area contributed by atoms with Crippen molar-refractivity contribution in [3.8, 4) is 5.75 Å². The molecule has 1 aliphatic carbocycles. The lowest BCUT2D eigenvalue weighted by molar-refractivity contribution is -0.136. The number of sulfonamides is 1. The number of carbonyl (C=O) groups is 1. The number of rotatable bonds is 5. The minimum atomic E-state index is -3.85. The lowest BCUT2D eigenvalue weighted by atomic mass is 9.77. The van der Waals surface area contributed by atoms with Crippen molar-refractivity contribution in [2.24, 2.45) is 5.41 Å². The van der Waals surface area contributed by atoms with Crippen molar-refractivity contribution in [1.82, 2.24) is 4.31 Å². The largest absolute Gasteiger partial charge is 0.495 e. The van der Waals surface area contributed by atoms with Crippen LogP contribution in [0.5, 0.6) is 5.75 Å². The van der Waals surface area contributed by atoms with Crippen LogP contribution in [0.4, 0.5) is 0 Å². The molecule has 2 N–H and O–H groups in total. The molecule has 0 unspecified atom stereocenters. The van der Waals surface area contributed by atoms with Gasteiger partial charge < -0.3 is 14.9 Å². The van der Waals surface area contributed by atoms with Crippen molar-refractivity contribution >= 4 is 16.0 Å². The summed E-state index contributed by atoms with van der Waals surface area (Å²) in [6.45, 7) is 0.686. The van der Waals surface area contributed by atoms with Gasteiger partial charge in [0.05, 0.1) is 19.6 Å². The van der Waals surface area contributed by atoms with Crippen molar-refractivity contribution in [2.75, 3.05) is 20.2 Å². The maximum absolute atomic E-state index is 13.3. The topological polar surface area (TPSA) is 104 Å². The summed E-state index contributed by atoms with van der Waals surface area (Å²) >= 11 is 0. The molecule has 0 radical (unpaired) electrons. The van der Waals surface area contributed by atoms with Crippen molar-refractivity contribution < 1.29 is 28.2 Å². The number of piperidine rings is 1. The molecule has 0 bridgehead atoms. The van der Waals surface area contributed by atoms with Gasteiger partial charge in [-0.15, -0.1) is 0 Å². The number of hydrogen-bond donors (Lipinski definition) is 2. The van der Waals surface area contributed by atoms with Crippen LogP contribution in [0.2, 0.25) is 0 Å². The van der Waals surface area contributed by atoms with Crippen LogP contribution in [0.3, 0.4) is 0 Å². The summed E-state index contributed by atoms with van der Waals surface area (Å²) < 4.78 is 33.2. The normalized spacial score (nSPS) is 26.9. The van der Waals surface area contributed by atoms with E-state index in [1.165, 1.54) is 23.5 Å². The molecule has 1 heterocycles. The first-order valence-electron chi connectivity index (χ1n) is 8.85. The van der Waals surface area contributed by atoms with Gasteiger partial charge in [0, 0.05) is 18.5 Å². The Morgan fingerprint density at radius 3 is 2.69 bits per heavy atom. The Morgan fingerprint density at radius 2 is 2.08 bits per heavy atom. The number of aliphatic hydroxyl groups excluding tert-OH is 1. The van der Waals surface area contributed by atoms with Gasteiger partial charge in [-0.3, -0.25) is 4.79 Å². The van der Waals surface area contributed by atoms with Crippen molar-refractivity contribution in [3.05, 3.63) is 23.8 Å². The molecule has 8 heteroatoms. The molecular weight excluding hydrogens is 358 g/mol. The number of aliphatic carboxylic acids is 1. The molecule has 1 aromatic carbocycles. The Kier molecular flexibility index (Phi) is 5.28. The third kappa shape index (κ3) is 3.45. The van der Waals surface area contributed by atoms with Gasteiger partial charge >= 0.3 is 5.97 Å². The highest BCUT2D eigenvalue weighted by Crippen LogP contribution is 2.46. The van der Waals surface area contributed by atoms with Crippen LogP contribution in [-0.4, -0.2) is 55.2 Å². The number of benzene rings is 1. The second kappa shape index (κ2) is 7.17. The highest BCUT2D eigenvalue weighted by molar-refractivity contribution is 7.89. The Bertz CT molecular complexity index is 793. The van der Waals surface area contributed by atoms with E-state index in [0.717, 1.165) is 19.3 Å². The Labute approximate surface area is 153 Å². The maximum atomic E-state index is 13.3. The fourth-order valence-electron chi connectivity index (χ4n) is 4.26. The maximum Gasteiger partial charge on any atom is 0.307 e. The first kappa shape index (κ1) is 19.1. The van der Waals surface area contributed by atoms with Crippen molar-refractivity contribution in [3.63, 3.8) is 0 Å². The lowest BCUT2D eigenvalue weighted by Gasteiger charge is -2.41. The van der Waals surface area contributed by atoms with Crippen LogP contribution in [0.25, 0.3) is 0 Å². The standard InChI is InChI=1S/C18H25NO6S/c1-25-14-6-5-13(11-17(21)22)10-15(14)26(23,24)19-9-3-8-18(12-19)7-2-4-16(18)20/h5-6,10,16,20H,2-4,7-9,11-12H2,1H3,(H,21,22)/t16-,18-/m1/s1. The Balaban J connectivity index is 1.95. The van der Waals surface area contributed by atoms with Crippen LogP contribution in [0, 0.1) is 5.41 Å². The zero-order valence-electron chi connectivity index (χ0n) is 14.8. The number of aliphatic hydroxyl groups is 1. The molecule has 2 fully saturated rings. The smallest absolute Gasteiger partial charge is 0.307 e. The number of ether oxygens (including phenoxy) is 1. The van der Waals surface area contributed by atoms with Gasteiger partial charge in [-0.25, -0.2) is 8.42 Å². The zero-order chi connectivity index (χ0) is 18.9. The molecule has 7 nitrogen and oxygen atoms in total. The molecule has 26 heavy (non-hydrogen) atoms. The van der Waals surface area contributed by atoms with Crippen LogP contribution < -0.4 is 4.74 Å². The van der Waals surface area contributed by atoms with Crippen molar-refractivity contribution in [1.29, 1.82) is 0 Å². The quantitative estimate of drug-likeness (QED) is 0.801. The van der Waals surface area contributed by atoms with E-state index in [1.54, 1.807) is 6.07 Å². The number of carboxylic acid groups (broad SMARTS) is 1. The van der Waals surface area contributed by atoms with Crippen molar-refractivity contribution in [2.45, 2.75) is 49.5 Å². The molecule has 2 aliphatic rings. The SMILES string of the molecule is COc1ccc(CC(=O)O)cc1S(=O)(=O)N1CCC[C@]2(CCC[C@H]2O)C1. The monoisotopic (exact) mass is 383 g/mol. The minimum Gasteiger partial charge on any atom is -0.495 e. The van der Waals surface area contributed by atoms with Gasteiger partial charge in [-0.2, -0.15) is 4.31 Å². The number of methoxy groups -OCH3 is 1. The van der Waals surface area contributed by atoms with E-state index >= 15 is 0 Å². The van der Waals surface area contributed by atoms with E-state index in [9.17, 15) is 18.3 Å². The van der Waals surface area contributed by atoms with E-state index in [4.69, 9.17) is 9.84 Å². The second-order valence-corrected chi connectivity index (χ2v) is 9.17. The van der Waals surface area contributed by atoms with Gasteiger partial charge in [0.1, 0.15) is 10.6 Å². The Hall–Kier alpha value is -1.64. The highest BCUT2D eigenvalue weighted by atomic mass is 32.2. The first-order chi connectivity index (χ1) is 12.3. The van der Waals surface area contributed by atoms with Gasteiger partial charge in [0.15, 0.2) is 0 Å². The second-order valence-electron chi connectivity index (χ2n) is 7.27. The summed E-state index contributed by atoms with van der Waals surface area (Å²) in [4.78, 5) is 11.0. The fourth-order valence-corrected chi connectivity index (χ4v) is 6.05. The summed E-state index contributed by atoms with van der Waals surface area (Å²) in [5, 5.41) is 19.4. The Morgan fingerprint density at radius 1 is 1.35 bits per heavy atom. The average molecular weight is 383 g/mol. The van der Waals surface area contributed by atoms with Gasteiger partial charge in [-0.1, -0.05) is 12.5 Å². The molecule has 3 rings (SSSR count). The molecule has 0 aromatic heterocycles. The van der Waals surface area contributed by atoms with Gasteiger partial charge in [0.25, 0.3) is 0 Å². The first-order valence-corrected chi connectivity index (χ1v) is 10.3. The third-order valence-corrected chi connectivity index (χ3v) is 7.50. The number of nitrogens with zero attached hydrogens (tertiary/aromatic N) is 1. The van der Waals surface area contributed by atoms with E-state index < -0.39 is 22.1 Å². The zero-order valence-corrected chi connectivity index (χ0v) is 15.7. The summed E-state index contributed by atoms with van der Waals surface area (Å²) in [6.07, 6.45) is 3.26. The summed E-state index contributed by atoms with van der Waals surface area (Å²) in [7, 11) is -2.45. The predicted octanol–water partition coefficient (Wildman–Crippen LogP) is 1.64. The third-order valence-electron chi connectivity index (χ3n) is 5.63. The van der Waals surface area contributed by atoms with Crippen LogP contribution in [-0.2, 0) is 21.2 Å². The van der Waals surface area contributed by atoms with E-state index in [2.05, 4.69) is 0 Å². The summed E-state index contributed by atoms with van der Waals surface area (Å²) in [5.74, 6) is -0.824. The molecule has 1 saturated carbocycles. The molecule has 2 atom stereocenters. The predicted molar refractivity (Wildman–Crippen MR) is 94.6 cm³/mol.